The van der Waals surface area contributed by atoms with Gasteiger partial charge in [-0.1, -0.05) is 30.3 Å². The number of hydrogen-bond donors (Lipinski definition) is 2. The van der Waals surface area contributed by atoms with Gasteiger partial charge >= 0.3 is 5.97 Å². The van der Waals surface area contributed by atoms with E-state index in [4.69, 9.17) is 4.74 Å². The van der Waals surface area contributed by atoms with Gasteiger partial charge in [0.2, 0.25) is 11.8 Å². The molecule has 0 spiro atoms. The normalized spacial score (nSPS) is 17.7. The van der Waals surface area contributed by atoms with Crippen molar-refractivity contribution in [3.05, 3.63) is 47.2 Å². The monoisotopic (exact) mass is 302 g/mol. The minimum absolute atomic E-state index is 0.0671. The third-order valence-electron chi connectivity index (χ3n) is 3.50. The van der Waals surface area contributed by atoms with E-state index >= 15 is 0 Å². The molecule has 0 bridgehead atoms. The molecule has 0 unspecified atom stereocenters. The predicted octanol–water partition coefficient (Wildman–Crippen LogP) is 0.886. The molecule has 2 rings (SSSR count). The summed E-state index contributed by atoms with van der Waals surface area (Å²) in [7, 11) is 1.25. The van der Waals surface area contributed by atoms with Gasteiger partial charge in [-0.05, 0) is 12.5 Å². The molecule has 1 aliphatic heterocycles. The number of carbonyl (C=O) groups excluding carboxylic acids is 3. The molecule has 116 valence electrons. The Morgan fingerprint density at radius 3 is 2.64 bits per heavy atom. The maximum atomic E-state index is 12.4. The van der Waals surface area contributed by atoms with Crippen LogP contribution < -0.4 is 10.6 Å². The number of rotatable bonds is 4. The lowest BCUT2D eigenvalue weighted by Crippen LogP contribution is -2.42. The summed E-state index contributed by atoms with van der Waals surface area (Å²) in [6.07, 6.45) is -0.0671. The average molecular weight is 302 g/mol. The molecule has 1 aromatic rings. The van der Waals surface area contributed by atoms with Crippen molar-refractivity contribution < 1.29 is 19.1 Å². The largest absolute Gasteiger partial charge is 0.466 e. The van der Waals surface area contributed by atoms with Crippen molar-refractivity contribution in [3.63, 3.8) is 0 Å². The molecule has 1 aliphatic rings. The van der Waals surface area contributed by atoms with Crippen LogP contribution in [0.2, 0.25) is 0 Å². The van der Waals surface area contributed by atoms with Crippen LogP contribution in [0.5, 0.6) is 0 Å². The van der Waals surface area contributed by atoms with Crippen LogP contribution in [0.25, 0.3) is 0 Å². The van der Waals surface area contributed by atoms with Crippen LogP contribution in [0.4, 0.5) is 0 Å². The summed E-state index contributed by atoms with van der Waals surface area (Å²) in [6, 6.07) is 9.41. The quantitative estimate of drug-likeness (QED) is 0.809. The standard InChI is InChI=1S/C16H18N2O4/c1-10-14(16(21)22-2)12(8-13(19)18-10)15(20)17-9-11-6-4-3-5-7-11/h3-7,12H,8-9H2,1-2H3,(H,17,20)(H,18,19)/t12-/m0/s1. The Balaban J connectivity index is 2.13. The van der Waals surface area contributed by atoms with Gasteiger partial charge in [0.15, 0.2) is 0 Å². The average Bonchev–Trinajstić information content (AvgIpc) is 2.52. The smallest absolute Gasteiger partial charge is 0.336 e. The van der Waals surface area contributed by atoms with Gasteiger partial charge in [0.25, 0.3) is 0 Å². The number of ether oxygens (including phenoxy) is 1. The van der Waals surface area contributed by atoms with Crippen LogP contribution in [0.1, 0.15) is 18.9 Å². The number of nitrogens with one attached hydrogen (secondary N) is 2. The second-order valence-corrected chi connectivity index (χ2v) is 5.04. The van der Waals surface area contributed by atoms with E-state index in [1.165, 1.54) is 7.11 Å². The molecule has 1 atom stereocenters. The maximum Gasteiger partial charge on any atom is 0.336 e. The maximum absolute atomic E-state index is 12.4. The van der Waals surface area contributed by atoms with Crippen molar-refractivity contribution in [2.75, 3.05) is 7.11 Å². The molecule has 2 N–H and O–H groups in total. The summed E-state index contributed by atoms with van der Waals surface area (Å²) in [4.78, 5) is 35.9. The van der Waals surface area contributed by atoms with Crippen molar-refractivity contribution in [2.24, 2.45) is 5.92 Å². The molecule has 0 aliphatic carbocycles. The summed E-state index contributed by atoms with van der Waals surface area (Å²) in [6.45, 7) is 1.92. The van der Waals surface area contributed by atoms with Crippen LogP contribution in [-0.2, 0) is 25.7 Å². The second-order valence-electron chi connectivity index (χ2n) is 5.04. The molecule has 22 heavy (non-hydrogen) atoms. The highest BCUT2D eigenvalue weighted by Crippen LogP contribution is 2.24. The number of methoxy groups -OCH3 is 1. The summed E-state index contributed by atoms with van der Waals surface area (Å²) < 4.78 is 4.71. The first kappa shape index (κ1) is 15.8. The van der Waals surface area contributed by atoms with Gasteiger partial charge in [0.05, 0.1) is 18.6 Å². The molecular weight excluding hydrogens is 284 g/mol. The topological polar surface area (TPSA) is 84.5 Å². The highest BCUT2D eigenvalue weighted by molar-refractivity contribution is 6.02. The molecule has 0 aromatic heterocycles. The molecule has 6 heteroatoms. The molecule has 0 radical (unpaired) electrons. The minimum Gasteiger partial charge on any atom is -0.466 e. The van der Waals surface area contributed by atoms with Crippen molar-refractivity contribution in [3.8, 4) is 0 Å². The summed E-state index contributed by atoms with van der Waals surface area (Å²) in [5.41, 5.74) is 1.51. The zero-order valence-electron chi connectivity index (χ0n) is 12.5. The Labute approximate surface area is 128 Å². The van der Waals surface area contributed by atoms with Gasteiger partial charge < -0.3 is 15.4 Å². The molecule has 6 nitrogen and oxygen atoms in total. The second kappa shape index (κ2) is 6.89. The summed E-state index contributed by atoms with van der Waals surface area (Å²) >= 11 is 0. The lowest BCUT2D eigenvalue weighted by atomic mass is 9.89. The fourth-order valence-electron chi connectivity index (χ4n) is 2.41. The number of carbonyl (C=O) groups is 3. The minimum atomic E-state index is -0.829. The zero-order valence-corrected chi connectivity index (χ0v) is 12.5. The third kappa shape index (κ3) is 3.52. The Kier molecular flexibility index (Phi) is 4.93. The first-order valence-corrected chi connectivity index (χ1v) is 6.93. The van der Waals surface area contributed by atoms with Crippen LogP contribution in [-0.4, -0.2) is 24.9 Å². The van der Waals surface area contributed by atoms with Crippen LogP contribution in [0, 0.1) is 5.92 Å². The number of allylic oxidation sites excluding steroid dienone is 1. The van der Waals surface area contributed by atoms with Gasteiger partial charge in [0, 0.05) is 18.7 Å². The molecule has 1 heterocycles. The van der Waals surface area contributed by atoms with E-state index in [-0.39, 0.29) is 23.8 Å². The fraction of sp³-hybridized carbons (Fsp3) is 0.312. The van der Waals surface area contributed by atoms with Crippen LogP contribution in [0.15, 0.2) is 41.6 Å². The van der Waals surface area contributed by atoms with E-state index in [9.17, 15) is 14.4 Å². The van der Waals surface area contributed by atoms with Crippen LogP contribution >= 0.6 is 0 Å². The predicted molar refractivity (Wildman–Crippen MR) is 79.3 cm³/mol. The van der Waals surface area contributed by atoms with Gasteiger partial charge in [0.1, 0.15) is 0 Å². The Morgan fingerprint density at radius 1 is 1.32 bits per heavy atom. The van der Waals surface area contributed by atoms with Gasteiger partial charge in [-0.2, -0.15) is 0 Å². The van der Waals surface area contributed by atoms with Crippen molar-refractivity contribution >= 4 is 17.8 Å². The third-order valence-corrected chi connectivity index (χ3v) is 3.50. The van der Waals surface area contributed by atoms with Crippen molar-refractivity contribution in [1.29, 1.82) is 0 Å². The first-order valence-electron chi connectivity index (χ1n) is 6.93. The first-order chi connectivity index (χ1) is 10.5. The van der Waals surface area contributed by atoms with Crippen molar-refractivity contribution in [2.45, 2.75) is 19.9 Å². The number of esters is 1. The number of benzene rings is 1. The molecule has 2 amide bonds. The number of hydrogen-bond acceptors (Lipinski definition) is 4. The Bertz CT molecular complexity index is 622. The summed E-state index contributed by atoms with van der Waals surface area (Å²) in [5.74, 6) is -2.08. The molecule has 0 saturated heterocycles. The zero-order chi connectivity index (χ0) is 16.1. The van der Waals surface area contributed by atoms with E-state index in [2.05, 4.69) is 10.6 Å². The van der Waals surface area contributed by atoms with E-state index in [1.54, 1.807) is 6.92 Å². The molecule has 0 fully saturated rings. The van der Waals surface area contributed by atoms with E-state index in [1.807, 2.05) is 30.3 Å². The van der Waals surface area contributed by atoms with E-state index in [0.29, 0.717) is 12.2 Å². The highest BCUT2D eigenvalue weighted by atomic mass is 16.5. The molecule has 1 aromatic carbocycles. The van der Waals surface area contributed by atoms with Crippen LogP contribution in [0.3, 0.4) is 0 Å². The van der Waals surface area contributed by atoms with Gasteiger partial charge in [-0.15, -0.1) is 0 Å². The Hall–Kier alpha value is -2.63. The SMILES string of the molecule is COC(=O)C1=C(C)NC(=O)C[C@@H]1C(=O)NCc1ccccc1. The van der Waals surface area contributed by atoms with Gasteiger partial charge in [-0.3, -0.25) is 9.59 Å². The summed E-state index contributed by atoms with van der Waals surface area (Å²) in [5, 5.41) is 5.32. The highest BCUT2D eigenvalue weighted by Gasteiger charge is 2.35. The number of amides is 2. The van der Waals surface area contributed by atoms with Gasteiger partial charge in [-0.25, -0.2) is 4.79 Å². The lowest BCUT2D eigenvalue weighted by molar-refractivity contribution is -0.139. The van der Waals surface area contributed by atoms with Crippen molar-refractivity contribution in [1.82, 2.24) is 10.6 Å². The molecular formula is C16H18N2O4. The Morgan fingerprint density at radius 2 is 2.00 bits per heavy atom. The molecule has 0 saturated carbocycles. The lowest BCUT2D eigenvalue weighted by Gasteiger charge is -2.25. The fourth-order valence-corrected chi connectivity index (χ4v) is 2.41. The van der Waals surface area contributed by atoms with E-state index < -0.39 is 11.9 Å². The van der Waals surface area contributed by atoms with E-state index in [0.717, 1.165) is 5.56 Å².